The first-order valence-electron chi connectivity index (χ1n) is 19.6. The van der Waals surface area contributed by atoms with Crippen molar-refractivity contribution < 1.29 is 0 Å². The van der Waals surface area contributed by atoms with Crippen molar-refractivity contribution in [1.29, 1.82) is 0 Å². The number of nitrogens with zero attached hydrogens (tertiary/aromatic N) is 2. The van der Waals surface area contributed by atoms with Crippen molar-refractivity contribution in [2.45, 2.75) is 111 Å². The fraction of sp³-hybridized carbons (Fsp3) is 0.489. The molecular weight excluding hydrogens is 593 g/mol. The third-order valence-electron chi connectivity index (χ3n) is 12.0. The normalized spacial score (nSPS) is 13.8. The highest BCUT2D eigenvalue weighted by atomic mass is 15.3. The SMILES string of the molecule is CCCCCCc1cc([N+](C)(C)CC)ccc1C1(c2ccc([N+](C)(C)CC)cc2CCCCCC)c2cc(C)ccc2-c2ccc(C)cc21. The molecule has 0 spiro atoms. The molecule has 0 fully saturated rings. The topological polar surface area (TPSA) is 0 Å². The molecule has 0 saturated carbocycles. The van der Waals surface area contributed by atoms with E-state index in [-0.39, 0.29) is 5.41 Å². The molecule has 0 aromatic heterocycles. The van der Waals surface area contributed by atoms with Crippen molar-refractivity contribution in [2.75, 3.05) is 41.3 Å². The van der Waals surface area contributed by atoms with E-state index in [1.54, 1.807) is 0 Å². The van der Waals surface area contributed by atoms with Gasteiger partial charge in [0, 0.05) is 12.1 Å². The van der Waals surface area contributed by atoms with Crippen LogP contribution in [0.3, 0.4) is 0 Å². The molecule has 49 heavy (non-hydrogen) atoms. The number of benzene rings is 4. The molecule has 0 heterocycles. The predicted molar refractivity (Wildman–Crippen MR) is 217 cm³/mol. The first-order valence-corrected chi connectivity index (χ1v) is 19.6. The van der Waals surface area contributed by atoms with Crippen molar-refractivity contribution >= 4 is 11.4 Å². The first-order chi connectivity index (χ1) is 23.4. The van der Waals surface area contributed by atoms with E-state index in [1.807, 2.05) is 0 Å². The van der Waals surface area contributed by atoms with E-state index in [0.29, 0.717) is 0 Å². The van der Waals surface area contributed by atoms with E-state index in [1.165, 1.54) is 118 Å². The molecule has 1 aliphatic carbocycles. The summed E-state index contributed by atoms with van der Waals surface area (Å²) in [6, 6.07) is 29.8. The second-order valence-corrected chi connectivity index (χ2v) is 16.2. The molecule has 2 nitrogen and oxygen atoms in total. The summed E-state index contributed by atoms with van der Waals surface area (Å²) in [4.78, 5) is 0. The molecule has 4 aromatic rings. The maximum atomic E-state index is 2.60. The molecule has 0 atom stereocenters. The van der Waals surface area contributed by atoms with Crippen LogP contribution in [0.1, 0.15) is 124 Å². The maximum Gasteiger partial charge on any atom is 0.132 e. The average molecular weight is 659 g/mol. The van der Waals surface area contributed by atoms with Crippen molar-refractivity contribution in [3.8, 4) is 11.1 Å². The Bertz CT molecular complexity index is 1610. The van der Waals surface area contributed by atoms with Gasteiger partial charge in [-0.1, -0.05) is 112 Å². The Balaban J connectivity index is 1.91. The summed E-state index contributed by atoms with van der Waals surface area (Å²) in [5.41, 5.74) is 16.9. The Hall–Kier alpha value is -3.20. The van der Waals surface area contributed by atoms with E-state index in [2.05, 4.69) is 143 Å². The van der Waals surface area contributed by atoms with Crippen molar-refractivity contribution in [2.24, 2.45) is 0 Å². The van der Waals surface area contributed by atoms with E-state index in [0.717, 1.165) is 34.9 Å². The van der Waals surface area contributed by atoms with Crippen LogP contribution in [0.15, 0.2) is 72.8 Å². The lowest BCUT2D eigenvalue weighted by Gasteiger charge is -2.39. The van der Waals surface area contributed by atoms with Crippen LogP contribution >= 0.6 is 0 Å². The van der Waals surface area contributed by atoms with Crippen molar-refractivity contribution in [1.82, 2.24) is 8.97 Å². The zero-order valence-corrected chi connectivity index (χ0v) is 32.8. The molecule has 1 aliphatic rings. The lowest BCUT2D eigenvalue weighted by Crippen LogP contribution is -2.40. The van der Waals surface area contributed by atoms with Crippen LogP contribution < -0.4 is 8.97 Å². The summed E-state index contributed by atoms with van der Waals surface area (Å²) in [6.07, 6.45) is 12.4. The third-order valence-corrected chi connectivity index (χ3v) is 12.0. The third kappa shape index (κ3) is 7.19. The van der Waals surface area contributed by atoms with Crippen LogP contribution in [0.2, 0.25) is 0 Å². The average Bonchev–Trinajstić information content (AvgIpc) is 3.37. The Kier molecular flexibility index (Phi) is 11.6. The van der Waals surface area contributed by atoms with Gasteiger partial charge in [0.1, 0.15) is 11.4 Å². The van der Waals surface area contributed by atoms with Gasteiger partial charge in [-0.15, -0.1) is 0 Å². The molecular formula is C47H66N2+2. The molecule has 262 valence electrons. The van der Waals surface area contributed by atoms with Gasteiger partial charge >= 0.3 is 0 Å². The van der Waals surface area contributed by atoms with E-state index in [4.69, 9.17) is 0 Å². The van der Waals surface area contributed by atoms with Gasteiger partial charge in [0.15, 0.2) is 0 Å². The first kappa shape index (κ1) is 37.1. The number of fused-ring (bicyclic) bond motifs is 3. The summed E-state index contributed by atoms with van der Waals surface area (Å²) in [5.74, 6) is 0. The van der Waals surface area contributed by atoms with Crippen LogP contribution in [0, 0.1) is 13.8 Å². The van der Waals surface area contributed by atoms with Crippen LogP contribution in [-0.2, 0) is 18.3 Å². The summed E-state index contributed by atoms with van der Waals surface area (Å²) in [6.45, 7) is 16.0. The van der Waals surface area contributed by atoms with E-state index >= 15 is 0 Å². The smallest absolute Gasteiger partial charge is 0.132 e. The van der Waals surface area contributed by atoms with Crippen molar-refractivity contribution in [3.05, 3.63) is 117 Å². The number of hydrogen-bond acceptors (Lipinski definition) is 0. The summed E-state index contributed by atoms with van der Waals surface area (Å²) in [7, 11) is 9.44. The number of hydrogen-bond donors (Lipinski definition) is 0. The van der Waals surface area contributed by atoms with Gasteiger partial charge < -0.3 is 0 Å². The summed E-state index contributed by atoms with van der Waals surface area (Å²) in [5, 5.41) is 0. The van der Waals surface area contributed by atoms with Gasteiger partial charge in [0.05, 0.1) is 46.7 Å². The van der Waals surface area contributed by atoms with E-state index < -0.39 is 0 Å². The quantitative estimate of drug-likeness (QED) is 0.0731. The molecule has 0 radical (unpaired) electrons. The molecule has 2 heteroatoms. The van der Waals surface area contributed by atoms with Crippen LogP contribution in [-0.4, -0.2) is 41.3 Å². The lowest BCUT2D eigenvalue weighted by atomic mass is 9.64. The number of rotatable bonds is 16. The van der Waals surface area contributed by atoms with Crippen LogP contribution in [0.5, 0.6) is 0 Å². The largest absolute Gasteiger partial charge is 0.296 e. The van der Waals surface area contributed by atoms with Crippen molar-refractivity contribution in [3.63, 3.8) is 0 Å². The number of quaternary nitrogens is 2. The molecule has 0 bridgehead atoms. The Morgan fingerprint density at radius 2 is 0.857 bits per heavy atom. The Labute approximate surface area is 300 Å². The lowest BCUT2D eigenvalue weighted by molar-refractivity contribution is 0.420. The van der Waals surface area contributed by atoms with Gasteiger partial charge in [-0.2, -0.15) is 0 Å². The zero-order chi connectivity index (χ0) is 35.4. The second kappa shape index (κ2) is 15.4. The van der Waals surface area contributed by atoms with Gasteiger partial charge in [0.2, 0.25) is 0 Å². The number of aryl methyl sites for hydroxylation is 4. The van der Waals surface area contributed by atoms with Crippen LogP contribution in [0.25, 0.3) is 11.1 Å². The molecule has 0 N–H and O–H groups in total. The predicted octanol–water partition coefficient (Wildman–Crippen LogP) is 12.1. The molecule has 4 aromatic carbocycles. The summed E-state index contributed by atoms with van der Waals surface area (Å²) < 4.78 is 1.78. The Morgan fingerprint density at radius 3 is 1.22 bits per heavy atom. The fourth-order valence-electron chi connectivity index (χ4n) is 8.19. The minimum Gasteiger partial charge on any atom is -0.296 e. The molecule has 5 rings (SSSR count). The highest BCUT2D eigenvalue weighted by Crippen LogP contribution is 2.58. The molecule has 0 aliphatic heterocycles. The minimum absolute atomic E-state index is 0.382. The monoisotopic (exact) mass is 659 g/mol. The highest BCUT2D eigenvalue weighted by molar-refractivity contribution is 5.88. The maximum absolute atomic E-state index is 2.60. The zero-order valence-electron chi connectivity index (χ0n) is 32.8. The van der Waals surface area contributed by atoms with E-state index in [9.17, 15) is 0 Å². The highest BCUT2D eigenvalue weighted by Gasteiger charge is 2.48. The standard InChI is InChI=1S/C47H66N2/c1-11-15-17-19-21-37-33-39(48(7,8)13-3)25-29-43(37)47(45-31-35(5)23-27-41(45)42-28-24-36(6)32-46(42)47)44-30-26-40(49(9,10)14-4)34-38(44)22-20-18-16-12-2/h23-34H,11-22H2,1-10H3/q+2. The minimum atomic E-state index is -0.382. The van der Waals surface area contributed by atoms with Crippen LogP contribution in [0.4, 0.5) is 11.4 Å². The molecule has 0 saturated heterocycles. The summed E-state index contributed by atoms with van der Waals surface area (Å²) >= 11 is 0. The Morgan fingerprint density at radius 1 is 0.449 bits per heavy atom. The molecule has 0 unspecified atom stereocenters. The second-order valence-electron chi connectivity index (χ2n) is 16.2. The molecule has 0 amide bonds. The van der Waals surface area contributed by atoms with Gasteiger partial charge in [-0.05, 0) is 110 Å². The number of unbranched alkanes of at least 4 members (excludes halogenated alkanes) is 6. The fourth-order valence-corrected chi connectivity index (χ4v) is 8.19. The van der Waals surface area contributed by atoms with Gasteiger partial charge in [-0.3, -0.25) is 8.97 Å². The van der Waals surface area contributed by atoms with Gasteiger partial charge in [0.25, 0.3) is 0 Å². The van der Waals surface area contributed by atoms with Gasteiger partial charge in [-0.25, -0.2) is 0 Å².